The van der Waals surface area contributed by atoms with Gasteiger partial charge < -0.3 is 14.8 Å². The minimum absolute atomic E-state index is 0.0169. The van der Waals surface area contributed by atoms with Crippen molar-refractivity contribution in [2.45, 2.75) is 45.4 Å². The molecule has 0 aliphatic heterocycles. The van der Waals surface area contributed by atoms with E-state index in [2.05, 4.69) is 10.6 Å². The average molecular weight is 539 g/mol. The molecular formula is C30H29F3N2O4. The van der Waals surface area contributed by atoms with E-state index < -0.39 is 46.0 Å². The Morgan fingerprint density at radius 2 is 1.46 bits per heavy atom. The quantitative estimate of drug-likeness (QED) is 0.199. The topological polar surface area (TPSA) is 76.7 Å². The van der Waals surface area contributed by atoms with Gasteiger partial charge in [-0.1, -0.05) is 24.3 Å². The number of hydrogen-bond donors (Lipinski definition) is 2. The van der Waals surface area contributed by atoms with Gasteiger partial charge in [-0.05, 0) is 80.8 Å². The highest BCUT2D eigenvalue weighted by molar-refractivity contribution is 5.70. The van der Waals surface area contributed by atoms with Crippen LogP contribution in [0.2, 0.25) is 0 Å². The van der Waals surface area contributed by atoms with E-state index in [-0.39, 0.29) is 17.0 Å². The standard InChI is InChI=1S/C30H29F3N2O4/c1-16(19-14-22(31)24(33)23(32)15-19)34-25(17-9-11-21(38-5)12-10-17)18-7-6-8-20(13-18)35-26-27(36)28(37)29(26)39-30(2,3)4/h6-16,25,34-35H,1-5H3/t16-,25?/m1/s1. The van der Waals surface area contributed by atoms with Crippen LogP contribution < -0.4 is 31.0 Å². The lowest BCUT2D eigenvalue weighted by Crippen LogP contribution is -2.39. The summed E-state index contributed by atoms with van der Waals surface area (Å²) in [6.07, 6.45) is 0. The van der Waals surface area contributed by atoms with E-state index >= 15 is 0 Å². The Labute approximate surface area is 224 Å². The Bertz CT molecular complexity index is 1530. The van der Waals surface area contributed by atoms with Crippen LogP contribution in [0.5, 0.6) is 11.5 Å². The van der Waals surface area contributed by atoms with Gasteiger partial charge in [-0.3, -0.25) is 14.9 Å². The number of rotatable bonds is 9. The van der Waals surface area contributed by atoms with Crippen molar-refractivity contribution in [3.8, 4) is 11.5 Å². The van der Waals surface area contributed by atoms with Crippen LogP contribution in [0.3, 0.4) is 0 Å². The lowest BCUT2D eigenvalue weighted by Gasteiger charge is -2.26. The van der Waals surface area contributed by atoms with Crippen molar-refractivity contribution < 1.29 is 22.6 Å². The molecule has 0 aliphatic rings. The number of halogens is 3. The first-order valence-corrected chi connectivity index (χ1v) is 12.3. The van der Waals surface area contributed by atoms with Crippen molar-refractivity contribution >= 4 is 11.4 Å². The summed E-state index contributed by atoms with van der Waals surface area (Å²) < 4.78 is 52.4. The maximum Gasteiger partial charge on any atom is 0.272 e. The van der Waals surface area contributed by atoms with Gasteiger partial charge in [0, 0.05) is 11.7 Å². The predicted molar refractivity (Wildman–Crippen MR) is 144 cm³/mol. The third-order valence-corrected chi connectivity index (χ3v) is 6.14. The molecule has 4 aromatic carbocycles. The van der Waals surface area contributed by atoms with E-state index in [1.54, 1.807) is 65.1 Å². The summed E-state index contributed by atoms with van der Waals surface area (Å²) in [5.41, 5.74) is 0.376. The molecule has 0 amide bonds. The minimum Gasteiger partial charge on any atom is -0.497 e. The smallest absolute Gasteiger partial charge is 0.272 e. The van der Waals surface area contributed by atoms with Crippen LogP contribution in [0.4, 0.5) is 24.5 Å². The van der Waals surface area contributed by atoms with Gasteiger partial charge in [-0.2, -0.15) is 0 Å². The zero-order valence-corrected chi connectivity index (χ0v) is 22.2. The van der Waals surface area contributed by atoms with Crippen molar-refractivity contribution in [3.05, 3.63) is 115 Å². The molecule has 0 aliphatic carbocycles. The number of ether oxygens (including phenoxy) is 2. The fraction of sp³-hybridized carbons (Fsp3) is 0.267. The zero-order valence-electron chi connectivity index (χ0n) is 22.2. The molecule has 2 N–H and O–H groups in total. The van der Waals surface area contributed by atoms with E-state index in [1.165, 1.54) is 0 Å². The highest BCUT2D eigenvalue weighted by Crippen LogP contribution is 2.32. The average Bonchev–Trinajstić information content (AvgIpc) is 2.91. The Kier molecular flexibility index (Phi) is 7.83. The van der Waals surface area contributed by atoms with Crippen molar-refractivity contribution in [1.29, 1.82) is 0 Å². The second-order valence-electron chi connectivity index (χ2n) is 10.2. The lowest BCUT2D eigenvalue weighted by atomic mass is 9.96. The number of anilines is 2. The Hall–Kier alpha value is -4.11. The van der Waals surface area contributed by atoms with Crippen LogP contribution in [0.15, 0.2) is 70.3 Å². The number of methoxy groups -OCH3 is 1. The summed E-state index contributed by atoms with van der Waals surface area (Å²) in [5.74, 6) is -3.43. The van der Waals surface area contributed by atoms with Gasteiger partial charge in [0.25, 0.3) is 10.9 Å². The zero-order chi connectivity index (χ0) is 28.5. The van der Waals surface area contributed by atoms with Gasteiger partial charge in [0.15, 0.2) is 23.2 Å². The van der Waals surface area contributed by atoms with E-state index in [0.29, 0.717) is 11.4 Å². The molecule has 4 aromatic rings. The van der Waals surface area contributed by atoms with Crippen LogP contribution in [0.1, 0.15) is 56.5 Å². The molecule has 0 fully saturated rings. The van der Waals surface area contributed by atoms with E-state index in [9.17, 15) is 22.8 Å². The van der Waals surface area contributed by atoms with Crippen molar-refractivity contribution in [2.24, 2.45) is 0 Å². The number of nitrogens with one attached hydrogen (secondary N) is 2. The first kappa shape index (κ1) is 27.9. The van der Waals surface area contributed by atoms with Crippen LogP contribution >= 0.6 is 0 Å². The van der Waals surface area contributed by atoms with Gasteiger partial charge in [0.2, 0.25) is 0 Å². The van der Waals surface area contributed by atoms with Gasteiger partial charge in [0.1, 0.15) is 17.0 Å². The van der Waals surface area contributed by atoms with Crippen LogP contribution in [-0.4, -0.2) is 12.7 Å². The highest BCUT2D eigenvalue weighted by Gasteiger charge is 2.27. The second-order valence-corrected chi connectivity index (χ2v) is 10.2. The summed E-state index contributed by atoms with van der Waals surface area (Å²) in [5, 5.41) is 6.36. The molecule has 0 spiro atoms. The molecular weight excluding hydrogens is 509 g/mol. The summed E-state index contributed by atoms with van der Waals surface area (Å²) in [4.78, 5) is 24.4. The highest BCUT2D eigenvalue weighted by atomic mass is 19.2. The molecule has 0 heterocycles. The first-order valence-electron chi connectivity index (χ1n) is 12.3. The fourth-order valence-electron chi connectivity index (χ4n) is 4.18. The molecule has 4 rings (SSSR count). The van der Waals surface area contributed by atoms with Gasteiger partial charge in [-0.25, -0.2) is 13.2 Å². The van der Waals surface area contributed by atoms with E-state index in [0.717, 1.165) is 23.3 Å². The van der Waals surface area contributed by atoms with Crippen LogP contribution in [0.25, 0.3) is 0 Å². The maximum atomic E-state index is 13.9. The molecule has 0 aromatic heterocycles. The molecule has 39 heavy (non-hydrogen) atoms. The molecule has 0 bridgehead atoms. The van der Waals surface area contributed by atoms with Crippen LogP contribution in [0, 0.1) is 17.5 Å². The van der Waals surface area contributed by atoms with Crippen molar-refractivity contribution in [1.82, 2.24) is 5.32 Å². The molecule has 204 valence electrons. The van der Waals surface area contributed by atoms with E-state index in [1.807, 2.05) is 18.2 Å². The van der Waals surface area contributed by atoms with Crippen LogP contribution in [-0.2, 0) is 0 Å². The van der Waals surface area contributed by atoms with Gasteiger partial charge >= 0.3 is 0 Å². The number of benzene rings is 3. The summed E-state index contributed by atoms with van der Waals surface area (Å²) >= 11 is 0. The summed E-state index contributed by atoms with van der Waals surface area (Å²) in [6.45, 7) is 7.04. The van der Waals surface area contributed by atoms with Gasteiger partial charge in [-0.15, -0.1) is 0 Å². The maximum absolute atomic E-state index is 13.9. The Balaban J connectivity index is 1.69. The van der Waals surface area contributed by atoms with Gasteiger partial charge in [0.05, 0.1) is 13.2 Å². The van der Waals surface area contributed by atoms with Crippen molar-refractivity contribution in [2.75, 3.05) is 12.4 Å². The van der Waals surface area contributed by atoms with Crippen molar-refractivity contribution in [3.63, 3.8) is 0 Å². The summed E-state index contributed by atoms with van der Waals surface area (Å²) in [7, 11) is 1.55. The molecule has 0 radical (unpaired) electrons. The normalized spacial score (nSPS) is 13.2. The Morgan fingerprint density at radius 1 is 0.821 bits per heavy atom. The molecule has 0 saturated carbocycles. The number of hydrogen-bond acceptors (Lipinski definition) is 6. The molecule has 9 heteroatoms. The monoisotopic (exact) mass is 538 g/mol. The molecule has 2 atom stereocenters. The molecule has 0 saturated heterocycles. The minimum atomic E-state index is -1.52. The largest absolute Gasteiger partial charge is 0.497 e. The second kappa shape index (κ2) is 10.9. The third-order valence-electron chi connectivity index (χ3n) is 6.14. The molecule has 1 unspecified atom stereocenters. The SMILES string of the molecule is COc1ccc(C(N[C@H](C)c2cc(F)c(F)c(F)c2)c2cccc(Nc3c(OC(C)(C)C)c(=O)c3=O)c2)cc1. The first-order chi connectivity index (χ1) is 18.4. The predicted octanol–water partition coefficient (Wildman–Crippen LogP) is 6.07. The Morgan fingerprint density at radius 3 is 2.05 bits per heavy atom. The fourth-order valence-corrected chi connectivity index (χ4v) is 4.18. The van der Waals surface area contributed by atoms with E-state index in [4.69, 9.17) is 9.47 Å². The lowest BCUT2D eigenvalue weighted by molar-refractivity contribution is 0.128. The third kappa shape index (κ3) is 6.15. The molecule has 6 nitrogen and oxygen atoms in total. The summed E-state index contributed by atoms with van der Waals surface area (Å²) in [6, 6.07) is 15.3.